The number of carbonyl (C=O) groups excluding carboxylic acids is 1. The maximum atomic E-state index is 11.4. The lowest BCUT2D eigenvalue weighted by molar-refractivity contribution is 0.100. The van der Waals surface area contributed by atoms with E-state index in [2.05, 4.69) is 10.3 Å². The molecule has 4 rings (SSSR count). The van der Waals surface area contributed by atoms with Crippen molar-refractivity contribution in [2.45, 2.75) is 30.7 Å². The van der Waals surface area contributed by atoms with Crippen LogP contribution in [0.5, 0.6) is 0 Å². The zero-order valence-corrected chi connectivity index (χ0v) is 10.5. The van der Waals surface area contributed by atoms with Gasteiger partial charge in [-0.15, -0.1) is 0 Å². The Labute approximate surface area is 110 Å². The molecule has 5 heteroatoms. The van der Waals surface area contributed by atoms with Gasteiger partial charge in [0, 0.05) is 18.0 Å². The average molecular weight is 257 g/mol. The summed E-state index contributed by atoms with van der Waals surface area (Å²) in [5.41, 5.74) is 7.33. The van der Waals surface area contributed by atoms with Gasteiger partial charge in [-0.05, 0) is 31.4 Å². The first-order valence-corrected chi connectivity index (χ1v) is 6.61. The van der Waals surface area contributed by atoms with Gasteiger partial charge in [0.2, 0.25) is 0 Å². The van der Waals surface area contributed by atoms with Crippen LogP contribution in [-0.2, 0) is 0 Å². The van der Waals surface area contributed by atoms with Gasteiger partial charge < -0.3 is 15.5 Å². The molecule has 0 bridgehead atoms. The predicted molar refractivity (Wildman–Crippen MR) is 69.9 cm³/mol. The fourth-order valence-electron chi connectivity index (χ4n) is 3.00. The standard InChI is InChI=1S/C14H15N3O2/c15-12(18)9-2-1-3-10-11(9)19-13(17-10)8-6-14(4-5-14)16-7-8/h1-3,8,16H,4-7H2,(H2,15,18). The Kier molecular flexibility index (Phi) is 2.07. The molecular formula is C14H15N3O2. The molecule has 1 unspecified atom stereocenters. The van der Waals surface area contributed by atoms with Gasteiger partial charge in [-0.1, -0.05) is 6.07 Å². The maximum Gasteiger partial charge on any atom is 0.252 e. The molecule has 2 fully saturated rings. The highest BCUT2D eigenvalue weighted by Gasteiger charge is 2.49. The molecule has 1 saturated carbocycles. The van der Waals surface area contributed by atoms with Crippen LogP contribution in [0.1, 0.15) is 41.4 Å². The normalized spacial score (nSPS) is 24.1. The van der Waals surface area contributed by atoms with E-state index >= 15 is 0 Å². The molecule has 3 N–H and O–H groups in total. The van der Waals surface area contributed by atoms with E-state index in [1.165, 1.54) is 12.8 Å². The summed E-state index contributed by atoms with van der Waals surface area (Å²) in [6.45, 7) is 0.902. The Bertz CT molecular complexity index is 672. The number of carbonyl (C=O) groups is 1. The minimum absolute atomic E-state index is 0.302. The highest BCUT2D eigenvalue weighted by molar-refractivity contribution is 6.03. The molecule has 2 aliphatic rings. The lowest BCUT2D eigenvalue weighted by Gasteiger charge is -2.03. The van der Waals surface area contributed by atoms with E-state index < -0.39 is 5.91 Å². The van der Waals surface area contributed by atoms with Gasteiger partial charge in [-0.25, -0.2) is 4.98 Å². The number of aromatic nitrogens is 1. The van der Waals surface area contributed by atoms with Crippen molar-refractivity contribution < 1.29 is 9.21 Å². The summed E-state index contributed by atoms with van der Waals surface area (Å²) in [5, 5.41) is 3.55. The highest BCUT2D eigenvalue weighted by Crippen LogP contribution is 2.47. The van der Waals surface area contributed by atoms with E-state index in [-0.39, 0.29) is 0 Å². The molecule has 1 atom stereocenters. The van der Waals surface area contributed by atoms with Crippen molar-refractivity contribution in [3.63, 3.8) is 0 Å². The maximum absolute atomic E-state index is 11.4. The van der Waals surface area contributed by atoms with Crippen molar-refractivity contribution in [3.8, 4) is 0 Å². The molecule has 1 aliphatic carbocycles. The highest BCUT2D eigenvalue weighted by atomic mass is 16.3. The number of hydrogen-bond donors (Lipinski definition) is 2. The lowest BCUT2D eigenvalue weighted by Crippen LogP contribution is -2.22. The summed E-state index contributed by atoms with van der Waals surface area (Å²) in [6, 6.07) is 5.31. The number of primary amides is 1. The molecule has 1 aliphatic heterocycles. The van der Waals surface area contributed by atoms with Gasteiger partial charge >= 0.3 is 0 Å². The average Bonchev–Trinajstić information content (AvgIpc) is 2.84. The first-order valence-electron chi connectivity index (χ1n) is 6.61. The Morgan fingerprint density at radius 1 is 1.47 bits per heavy atom. The van der Waals surface area contributed by atoms with Crippen LogP contribution in [0.2, 0.25) is 0 Å². The van der Waals surface area contributed by atoms with Crippen LogP contribution >= 0.6 is 0 Å². The fraction of sp³-hybridized carbons (Fsp3) is 0.429. The minimum Gasteiger partial charge on any atom is -0.439 e. The number of para-hydroxylation sites is 1. The molecule has 1 spiro atoms. The Hall–Kier alpha value is -1.88. The number of oxazole rings is 1. The zero-order chi connectivity index (χ0) is 13.0. The summed E-state index contributed by atoms with van der Waals surface area (Å²) in [6.07, 6.45) is 3.57. The molecule has 5 nitrogen and oxygen atoms in total. The monoisotopic (exact) mass is 257 g/mol. The van der Waals surface area contributed by atoms with Crippen LogP contribution < -0.4 is 11.1 Å². The predicted octanol–water partition coefficient (Wildman–Crippen LogP) is 1.54. The molecule has 1 saturated heterocycles. The quantitative estimate of drug-likeness (QED) is 0.855. The molecule has 2 aromatic rings. The van der Waals surface area contributed by atoms with Crippen LogP contribution in [0.25, 0.3) is 11.1 Å². The number of fused-ring (bicyclic) bond motifs is 1. The van der Waals surface area contributed by atoms with E-state index in [9.17, 15) is 4.79 Å². The molecule has 98 valence electrons. The first-order chi connectivity index (χ1) is 9.17. The summed E-state index contributed by atoms with van der Waals surface area (Å²) in [5.74, 6) is 0.548. The van der Waals surface area contributed by atoms with Gasteiger partial charge in [0.1, 0.15) is 5.52 Å². The summed E-state index contributed by atoms with van der Waals surface area (Å²) < 4.78 is 5.81. The third-order valence-electron chi connectivity index (χ3n) is 4.26. The van der Waals surface area contributed by atoms with Crippen molar-refractivity contribution in [1.29, 1.82) is 0 Å². The molecular weight excluding hydrogens is 242 g/mol. The Morgan fingerprint density at radius 3 is 3.00 bits per heavy atom. The molecule has 1 aromatic carbocycles. The second kappa shape index (κ2) is 3.57. The number of rotatable bonds is 2. The molecule has 1 aromatic heterocycles. The van der Waals surface area contributed by atoms with Crippen LogP contribution in [0, 0.1) is 0 Å². The zero-order valence-electron chi connectivity index (χ0n) is 10.5. The van der Waals surface area contributed by atoms with Gasteiger partial charge in [-0.2, -0.15) is 0 Å². The number of hydrogen-bond acceptors (Lipinski definition) is 4. The van der Waals surface area contributed by atoms with Crippen LogP contribution in [0.3, 0.4) is 0 Å². The van der Waals surface area contributed by atoms with E-state index in [1.54, 1.807) is 12.1 Å². The number of amides is 1. The smallest absolute Gasteiger partial charge is 0.252 e. The van der Waals surface area contributed by atoms with Crippen LogP contribution in [-0.4, -0.2) is 23.0 Å². The number of nitrogens with zero attached hydrogens (tertiary/aromatic N) is 1. The van der Waals surface area contributed by atoms with Crippen molar-refractivity contribution in [2.24, 2.45) is 5.73 Å². The SMILES string of the molecule is NC(=O)c1cccc2nc(C3CNC4(CC4)C3)oc12. The minimum atomic E-state index is -0.475. The second-order valence-electron chi connectivity index (χ2n) is 5.63. The summed E-state index contributed by atoms with van der Waals surface area (Å²) in [7, 11) is 0. The molecule has 0 radical (unpaired) electrons. The van der Waals surface area contributed by atoms with Crippen molar-refractivity contribution >= 4 is 17.0 Å². The Morgan fingerprint density at radius 2 is 2.32 bits per heavy atom. The van der Waals surface area contributed by atoms with Crippen LogP contribution in [0.4, 0.5) is 0 Å². The van der Waals surface area contributed by atoms with Gasteiger partial charge in [0.15, 0.2) is 11.5 Å². The van der Waals surface area contributed by atoms with E-state index in [0.29, 0.717) is 28.1 Å². The second-order valence-corrected chi connectivity index (χ2v) is 5.63. The molecule has 1 amide bonds. The molecule has 2 heterocycles. The van der Waals surface area contributed by atoms with Gasteiger partial charge in [-0.3, -0.25) is 4.79 Å². The third kappa shape index (κ3) is 1.65. The summed E-state index contributed by atoms with van der Waals surface area (Å²) >= 11 is 0. The van der Waals surface area contributed by atoms with E-state index in [0.717, 1.165) is 18.9 Å². The number of nitrogens with one attached hydrogen (secondary N) is 1. The number of benzene rings is 1. The first kappa shape index (κ1) is 11.0. The van der Waals surface area contributed by atoms with E-state index in [1.807, 2.05) is 6.07 Å². The van der Waals surface area contributed by atoms with Gasteiger partial charge in [0.05, 0.1) is 5.56 Å². The lowest BCUT2D eigenvalue weighted by atomic mass is 10.0. The Balaban J connectivity index is 1.75. The topological polar surface area (TPSA) is 81.2 Å². The van der Waals surface area contributed by atoms with E-state index in [4.69, 9.17) is 10.2 Å². The number of nitrogens with two attached hydrogens (primary N) is 1. The molecule has 19 heavy (non-hydrogen) atoms. The van der Waals surface area contributed by atoms with Crippen molar-refractivity contribution in [3.05, 3.63) is 29.7 Å². The van der Waals surface area contributed by atoms with Crippen LogP contribution in [0.15, 0.2) is 22.6 Å². The summed E-state index contributed by atoms with van der Waals surface area (Å²) in [4.78, 5) is 15.9. The van der Waals surface area contributed by atoms with Gasteiger partial charge in [0.25, 0.3) is 5.91 Å². The largest absolute Gasteiger partial charge is 0.439 e. The van der Waals surface area contributed by atoms with Crippen molar-refractivity contribution in [1.82, 2.24) is 10.3 Å². The third-order valence-corrected chi connectivity index (χ3v) is 4.26. The fourth-order valence-corrected chi connectivity index (χ4v) is 3.00. The van der Waals surface area contributed by atoms with Crippen molar-refractivity contribution in [2.75, 3.05) is 6.54 Å².